The number of esters is 2. The van der Waals surface area contributed by atoms with Crippen LogP contribution in [0.2, 0.25) is 0 Å². The molecule has 2 atom stereocenters. The van der Waals surface area contributed by atoms with Gasteiger partial charge in [0.1, 0.15) is 19.8 Å². The summed E-state index contributed by atoms with van der Waals surface area (Å²) in [6.07, 6.45) is 47.9. The average Bonchev–Trinajstić information content (AvgIpc) is 3.21. The van der Waals surface area contributed by atoms with Crippen molar-refractivity contribution in [1.29, 1.82) is 0 Å². The van der Waals surface area contributed by atoms with E-state index < -0.39 is 32.5 Å². The Labute approximate surface area is 372 Å². The van der Waals surface area contributed by atoms with Gasteiger partial charge in [-0.15, -0.1) is 0 Å². The summed E-state index contributed by atoms with van der Waals surface area (Å²) in [5.41, 5.74) is 0. The van der Waals surface area contributed by atoms with E-state index >= 15 is 0 Å². The zero-order chi connectivity index (χ0) is 45.1. The molecule has 0 rings (SSSR count). The van der Waals surface area contributed by atoms with Crippen molar-refractivity contribution in [2.75, 3.05) is 47.5 Å². The lowest BCUT2D eigenvalue weighted by molar-refractivity contribution is -0.870. The number of quaternary nitrogens is 1. The number of allylic oxidation sites excluding steroid dienone is 12. The Kier molecular flexibility index (Phi) is 39.2. The van der Waals surface area contributed by atoms with Crippen LogP contribution in [-0.4, -0.2) is 80.7 Å². The maximum absolute atomic E-state index is 12.7. The van der Waals surface area contributed by atoms with E-state index in [2.05, 4.69) is 50.3 Å². The quantitative estimate of drug-likeness (QED) is 0.0121. The normalized spacial score (nSPS) is 14.1. The fourth-order valence-electron chi connectivity index (χ4n) is 5.93. The molecular formula is C50H87NO9P+. The molecule has 0 heterocycles. The van der Waals surface area contributed by atoms with E-state index in [0.29, 0.717) is 36.7 Å². The molecule has 0 spiro atoms. The van der Waals surface area contributed by atoms with Crippen molar-refractivity contribution < 1.29 is 46.8 Å². The lowest BCUT2D eigenvalue weighted by Gasteiger charge is -2.24. The number of hydrogen-bond acceptors (Lipinski definition) is 8. The molecule has 0 aromatic heterocycles. The molecule has 350 valence electrons. The van der Waals surface area contributed by atoms with Crippen LogP contribution in [0.25, 0.3) is 0 Å². The number of nitrogens with zero attached hydrogens (tertiary/aromatic N) is 1. The second-order valence-electron chi connectivity index (χ2n) is 16.8. The molecule has 0 aromatic carbocycles. The van der Waals surface area contributed by atoms with E-state index in [9.17, 15) is 23.8 Å². The van der Waals surface area contributed by atoms with Crippen LogP contribution in [0.5, 0.6) is 0 Å². The minimum Gasteiger partial charge on any atom is -0.462 e. The zero-order valence-corrected chi connectivity index (χ0v) is 40.0. The minimum atomic E-state index is -4.41. The highest BCUT2D eigenvalue weighted by atomic mass is 31.2. The van der Waals surface area contributed by atoms with Crippen molar-refractivity contribution in [3.05, 3.63) is 72.9 Å². The smallest absolute Gasteiger partial charge is 0.462 e. The van der Waals surface area contributed by atoms with Gasteiger partial charge >= 0.3 is 19.8 Å². The van der Waals surface area contributed by atoms with Crippen LogP contribution in [0, 0.1) is 0 Å². The Morgan fingerprint density at radius 3 is 1.66 bits per heavy atom. The summed E-state index contributed by atoms with van der Waals surface area (Å²) in [6.45, 7) is 4.14. The van der Waals surface area contributed by atoms with Gasteiger partial charge in [0, 0.05) is 19.3 Å². The van der Waals surface area contributed by atoms with Crippen LogP contribution >= 0.6 is 7.82 Å². The second-order valence-corrected chi connectivity index (χ2v) is 18.3. The number of ether oxygens (including phenoxy) is 2. The molecule has 61 heavy (non-hydrogen) atoms. The molecule has 0 aliphatic heterocycles. The largest absolute Gasteiger partial charge is 0.472 e. The van der Waals surface area contributed by atoms with Gasteiger partial charge in [-0.25, -0.2) is 4.57 Å². The summed E-state index contributed by atoms with van der Waals surface area (Å²) in [6, 6.07) is 0. The highest BCUT2D eigenvalue weighted by molar-refractivity contribution is 7.47. The van der Waals surface area contributed by atoms with Gasteiger partial charge in [0.2, 0.25) is 0 Å². The number of carbonyl (C=O) groups is 3. The predicted octanol–water partition coefficient (Wildman–Crippen LogP) is 13.0. The summed E-state index contributed by atoms with van der Waals surface area (Å²) in [4.78, 5) is 47.2. The summed E-state index contributed by atoms with van der Waals surface area (Å²) in [5.74, 6) is -0.740. The highest BCUT2D eigenvalue weighted by Gasteiger charge is 2.27. The van der Waals surface area contributed by atoms with Gasteiger partial charge in [-0.2, -0.15) is 0 Å². The number of hydrogen-bond donors (Lipinski definition) is 1. The van der Waals surface area contributed by atoms with Gasteiger partial charge in [-0.1, -0.05) is 151 Å². The maximum Gasteiger partial charge on any atom is 0.472 e. The van der Waals surface area contributed by atoms with E-state index in [1.165, 1.54) is 57.8 Å². The van der Waals surface area contributed by atoms with Crippen molar-refractivity contribution >= 4 is 25.5 Å². The third-order valence-corrected chi connectivity index (χ3v) is 10.7. The van der Waals surface area contributed by atoms with Gasteiger partial charge in [-0.3, -0.25) is 23.4 Å². The van der Waals surface area contributed by atoms with E-state index in [1.807, 2.05) is 45.4 Å². The molecule has 0 aliphatic rings. The molecule has 0 aliphatic carbocycles. The van der Waals surface area contributed by atoms with E-state index in [4.69, 9.17) is 18.5 Å². The Morgan fingerprint density at radius 1 is 0.557 bits per heavy atom. The van der Waals surface area contributed by atoms with Crippen molar-refractivity contribution in [2.24, 2.45) is 0 Å². The molecule has 1 unspecified atom stereocenters. The lowest BCUT2D eigenvalue weighted by Crippen LogP contribution is -2.37. The summed E-state index contributed by atoms with van der Waals surface area (Å²) in [7, 11) is 1.39. The van der Waals surface area contributed by atoms with Crippen LogP contribution in [0.1, 0.15) is 174 Å². The zero-order valence-electron chi connectivity index (χ0n) is 39.1. The lowest BCUT2D eigenvalue weighted by atomic mass is 10.1. The molecule has 0 amide bonds. The first kappa shape index (κ1) is 58.1. The number of phosphoric ester groups is 1. The van der Waals surface area contributed by atoms with Crippen LogP contribution in [0.4, 0.5) is 0 Å². The Balaban J connectivity index is 4.45. The van der Waals surface area contributed by atoms with Crippen LogP contribution in [0.3, 0.4) is 0 Å². The third kappa shape index (κ3) is 45.0. The van der Waals surface area contributed by atoms with Crippen LogP contribution in [0.15, 0.2) is 72.9 Å². The number of ketones is 1. The molecule has 0 aromatic rings. The molecule has 0 fully saturated rings. The minimum absolute atomic E-state index is 0.00667. The van der Waals surface area contributed by atoms with Crippen molar-refractivity contribution in [2.45, 2.75) is 180 Å². The summed E-state index contributed by atoms with van der Waals surface area (Å²) in [5, 5.41) is 0. The monoisotopic (exact) mass is 877 g/mol. The molecular weight excluding hydrogens is 790 g/mol. The van der Waals surface area contributed by atoms with E-state index in [-0.39, 0.29) is 31.8 Å². The molecule has 11 heteroatoms. The maximum atomic E-state index is 12.7. The highest BCUT2D eigenvalue weighted by Crippen LogP contribution is 2.43. The number of rotatable bonds is 42. The third-order valence-electron chi connectivity index (χ3n) is 9.69. The summed E-state index contributed by atoms with van der Waals surface area (Å²) < 4.78 is 34.2. The van der Waals surface area contributed by atoms with E-state index in [0.717, 1.165) is 64.2 Å². The topological polar surface area (TPSA) is 125 Å². The first-order chi connectivity index (χ1) is 29.4. The van der Waals surface area contributed by atoms with Gasteiger partial charge in [-0.05, 0) is 76.7 Å². The van der Waals surface area contributed by atoms with Gasteiger partial charge < -0.3 is 18.9 Å². The van der Waals surface area contributed by atoms with Crippen LogP contribution < -0.4 is 0 Å². The Bertz CT molecular complexity index is 1330. The standard InChI is InChI=1S/C50H86NO9P/c1-6-8-10-11-12-13-14-15-16-17-18-19-20-21-24-27-30-33-37-41-49(53)57-45-48(46-59-61(55,56)58-44-43-51(3,4)5)60-50(54)42-38-34-31-28-25-22-23-26-29-32-36-40-47(52)39-35-9-7-2/h12-13,15-16,22-23,28-29,31-32,36,40,48H,6-11,14,17-21,24-27,30,33-35,37-39,41-46H2,1-5H3/p+1/b13-12-,16-15-,23-22-,31-28-,32-29-,40-36+/t48-/m1/s1. The first-order valence-corrected chi connectivity index (χ1v) is 25.1. The molecule has 0 bridgehead atoms. The van der Waals surface area contributed by atoms with Crippen molar-refractivity contribution in [3.63, 3.8) is 0 Å². The van der Waals surface area contributed by atoms with Crippen molar-refractivity contribution in [1.82, 2.24) is 0 Å². The molecule has 10 nitrogen and oxygen atoms in total. The molecule has 0 radical (unpaired) electrons. The number of likely N-dealkylation sites (N-methyl/N-ethyl adjacent to an activating group) is 1. The van der Waals surface area contributed by atoms with Gasteiger partial charge in [0.05, 0.1) is 27.7 Å². The second kappa shape index (κ2) is 41.1. The van der Waals surface area contributed by atoms with Gasteiger partial charge in [0.25, 0.3) is 0 Å². The SMILES string of the molecule is CCCCC/C=C\C/C=C\CCCCCCCCCCCC(=O)OC[C@H](COP(=O)(O)OCC[N+](C)(C)C)OC(=O)CCC/C=C\C/C=C\C/C=C\C=C\C(=O)CCCCC. The first-order valence-electron chi connectivity index (χ1n) is 23.6. The predicted molar refractivity (Wildman–Crippen MR) is 252 cm³/mol. The number of phosphoric acid groups is 1. The molecule has 0 saturated heterocycles. The average molecular weight is 877 g/mol. The Hall–Kier alpha value is -2.88. The van der Waals surface area contributed by atoms with Crippen molar-refractivity contribution in [3.8, 4) is 0 Å². The van der Waals surface area contributed by atoms with E-state index in [1.54, 1.807) is 12.2 Å². The fourth-order valence-corrected chi connectivity index (χ4v) is 6.67. The number of unbranched alkanes of at least 4 members (excludes halogenated alkanes) is 15. The fraction of sp³-hybridized carbons (Fsp3) is 0.700. The molecule has 0 saturated carbocycles. The van der Waals surface area contributed by atoms with Crippen LogP contribution in [-0.2, 0) is 37.5 Å². The molecule has 1 N–H and O–H groups in total. The Morgan fingerprint density at radius 2 is 1.05 bits per heavy atom. The number of carbonyl (C=O) groups excluding carboxylic acids is 3. The van der Waals surface area contributed by atoms with Gasteiger partial charge in [0.15, 0.2) is 11.9 Å². The summed E-state index contributed by atoms with van der Waals surface area (Å²) >= 11 is 0.